The number of rotatable bonds is 4. The zero-order valence-corrected chi connectivity index (χ0v) is 22.4. The molecule has 2 heterocycles. The van der Waals surface area contributed by atoms with Crippen LogP contribution in [-0.2, 0) is 0 Å². The van der Waals surface area contributed by atoms with Crippen LogP contribution in [-0.4, -0.2) is 47.0 Å². The minimum Gasteiger partial charge on any atom is -0.320 e. The largest absolute Gasteiger partial charge is 0.329 e. The molecule has 2 saturated heterocycles. The molecule has 2 fully saturated rings. The van der Waals surface area contributed by atoms with Crippen LogP contribution in [0.2, 0.25) is 0 Å². The van der Waals surface area contributed by atoms with Crippen LogP contribution < -0.4 is 9.80 Å². The molecular formula is C33H30F2N4O2. The molecule has 2 aliphatic heterocycles. The van der Waals surface area contributed by atoms with Crippen LogP contribution >= 0.6 is 0 Å². The van der Waals surface area contributed by atoms with Crippen molar-refractivity contribution < 1.29 is 18.4 Å². The number of piperidine rings is 1. The molecule has 0 N–H and O–H groups in total. The molecule has 6 nitrogen and oxygen atoms in total. The maximum absolute atomic E-state index is 14.3. The summed E-state index contributed by atoms with van der Waals surface area (Å²) in [6.45, 7) is 0.774. The van der Waals surface area contributed by atoms with Crippen molar-refractivity contribution in [1.29, 1.82) is 0 Å². The van der Waals surface area contributed by atoms with Gasteiger partial charge in [0.15, 0.2) is 0 Å². The van der Waals surface area contributed by atoms with E-state index in [4.69, 9.17) is 0 Å². The number of hydrogen-bond acceptors (Lipinski definition) is 2. The van der Waals surface area contributed by atoms with E-state index in [1.165, 1.54) is 29.2 Å². The van der Waals surface area contributed by atoms with E-state index in [1.54, 1.807) is 29.2 Å². The lowest BCUT2D eigenvalue weighted by atomic mass is 9.91. The molecule has 4 aromatic carbocycles. The summed E-state index contributed by atoms with van der Waals surface area (Å²) in [5.74, 6) is -0.823. The van der Waals surface area contributed by atoms with Gasteiger partial charge < -0.3 is 9.80 Å². The van der Waals surface area contributed by atoms with Crippen molar-refractivity contribution in [3.63, 3.8) is 0 Å². The third-order valence-electron chi connectivity index (χ3n) is 7.80. The number of urea groups is 2. The Morgan fingerprint density at radius 1 is 0.561 bits per heavy atom. The SMILES string of the molecule is O=C(N1C[C@H]2CCC[C@@H](C1)N2C(=O)N(c1ccc(F)cc1)c1ccc(F)cc1)N(c1ccccc1)c1ccccc1. The molecular weight excluding hydrogens is 522 g/mol. The first-order chi connectivity index (χ1) is 20.0. The van der Waals surface area contributed by atoms with E-state index in [-0.39, 0.29) is 24.1 Å². The number of nitrogens with zero attached hydrogens (tertiary/aromatic N) is 4. The molecule has 41 heavy (non-hydrogen) atoms. The van der Waals surface area contributed by atoms with Gasteiger partial charge in [0.05, 0.1) is 34.8 Å². The first-order valence-electron chi connectivity index (χ1n) is 13.8. The minimum absolute atomic E-state index is 0.139. The van der Waals surface area contributed by atoms with Crippen LogP contribution in [0.1, 0.15) is 19.3 Å². The highest BCUT2D eigenvalue weighted by Gasteiger charge is 2.44. The van der Waals surface area contributed by atoms with E-state index in [2.05, 4.69) is 0 Å². The number of hydrogen-bond donors (Lipinski definition) is 0. The molecule has 0 aliphatic carbocycles. The number of carbonyl (C=O) groups excluding carboxylic acids is 2. The van der Waals surface area contributed by atoms with Crippen LogP contribution in [0.3, 0.4) is 0 Å². The van der Waals surface area contributed by atoms with Crippen LogP contribution in [0.4, 0.5) is 41.1 Å². The summed E-state index contributed by atoms with van der Waals surface area (Å²) in [5, 5.41) is 0. The van der Waals surface area contributed by atoms with Crippen LogP contribution in [0, 0.1) is 11.6 Å². The fourth-order valence-corrected chi connectivity index (χ4v) is 5.91. The van der Waals surface area contributed by atoms with Crippen molar-refractivity contribution in [2.24, 2.45) is 0 Å². The summed E-state index contributed by atoms with van der Waals surface area (Å²) in [6, 6.07) is 29.7. The van der Waals surface area contributed by atoms with Crippen LogP contribution in [0.15, 0.2) is 109 Å². The number of likely N-dealkylation sites (tertiary alicyclic amines) is 1. The summed E-state index contributed by atoms with van der Waals surface area (Å²) < 4.78 is 27.5. The average Bonchev–Trinajstić information content (AvgIpc) is 2.99. The number of amides is 4. The smallest absolute Gasteiger partial charge is 0.320 e. The third kappa shape index (κ3) is 5.37. The van der Waals surface area contributed by atoms with Crippen molar-refractivity contribution in [3.05, 3.63) is 121 Å². The van der Waals surface area contributed by atoms with E-state index in [9.17, 15) is 18.4 Å². The molecule has 0 saturated carbocycles. The topological polar surface area (TPSA) is 47.1 Å². The van der Waals surface area contributed by atoms with Gasteiger partial charge in [0.25, 0.3) is 0 Å². The van der Waals surface area contributed by atoms with Gasteiger partial charge in [-0.1, -0.05) is 36.4 Å². The lowest BCUT2D eigenvalue weighted by Gasteiger charge is -2.51. The monoisotopic (exact) mass is 552 g/mol. The van der Waals surface area contributed by atoms with Gasteiger partial charge in [-0.3, -0.25) is 9.80 Å². The van der Waals surface area contributed by atoms with E-state index in [0.717, 1.165) is 30.6 Å². The lowest BCUT2D eigenvalue weighted by Crippen LogP contribution is -2.66. The van der Waals surface area contributed by atoms with Gasteiger partial charge in [-0.2, -0.15) is 0 Å². The van der Waals surface area contributed by atoms with Gasteiger partial charge in [0, 0.05) is 13.1 Å². The maximum atomic E-state index is 14.3. The predicted octanol–water partition coefficient (Wildman–Crippen LogP) is 7.72. The summed E-state index contributed by atoms with van der Waals surface area (Å²) in [7, 11) is 0. The number of para-hydroxylation sites is 2. The first-order valence-corrected chi connectivity index (χ1v) is 13.8. The van der Waals surface area contributed by atoms with Gasteiger partial charge in [-0.25, -0.2) is 18.4 Å². The molecule has 2 aliphatic rings. The van der Waals surface area contributed by atoms with E-state index < -0.39 is 11.6 Å². The second-order valence-corrected chi connectivity index (χ2v) is 10.4. The quantitative estimate of drug-likeness (QED) is 0.260. The molecule has 0 spiro atoms. The zero-order valence-electron chi connectivity index (χ0n) is 22.4. The molecule has 4 aromatic rings. The Balaban J connectivity index is 1.30. The predicted molar refractivity (Wildman–Crippen MR) is 156 cm³/mol. The van der Waals surface area contributed by atoms with Gasteiger partial charge in [-0.05, 0) is 92.1 Å². The van der Waals surface area contributed by atoms with Gasteiger partial charge in [-0.15, -0.1) is 0 Å². The zero-order chi connectivity index (χ0) is 28.3. The fraction of sp³-hybridized carbons (Fsp3) is 0.212. The Morgan fingerprint density at radius 3 is 1.39 bits per heavy atom. The molecule has 0 aromatic heterocycles. The second-order valence-electron chi connectivity index (χ2n) is 10.4. The summed E-state index contributed by atoms with van der Waals surface area (Å²) in [4.78, 5) is 35.3. The highest BCUT2D eigenvalue weighted by atomic mass is 19.1. The highest BCUT2D eigenvalue weighted by molar-refractivity contribution is 6.01. The molecule has 2 atom stereocenters. The Morgan fingerprint density at radius 2 is 0.951 bits per heavy atom. The number of piperazine rings is 1. The van der Waals surface area contributed by atoms with Gasteiger partial charge >= 0.3 is 12.1 Å². The van der Waals surface area contributed by atoms with Crippen molar-refractivity contribution in [1.82, 2.24) is 9.80 Å². The van der Waals surface area contributed by atoms with E-state index in [0.29, 0.717) is 24.5 Å². The van der Waals surface area contributed by atoms with Crippen LogP contribution in [0.5, 0.6) is 0 Å². The Labute approximate surface area is 238 Å². The number of carbonyl (C=O) groups is 2. The average molecular weight is 553 g/mol. The molecule has 208 valence electrons. The van der Waals surface area contributed by atoms with E-state index >= 15 is 0 Å². The maximum Gasteiger partial charge on any atom is 0.329 e. The number of anilines is 4. The van der Waals surface area contributed by atoms with Crippen molar-refractivity contribution in [2.75, 3.05) is 22.9 Å². The highest BCUT2D eigenvalue weighted by Crippen LogP contribution is 2.36. The fourth-order valence-electron chi connectivity index (χ4n) is 5.91. The first kappa shape index (κ1) is 26.5. The third-order valence-corrected chi connectivity index (χ3v) is 7.80. The van der Waals surface area contributed by atoms with Crippen molar-refractivity contribution in [2.45, 2.75) is 31.3 Å². The Kier molecular flexibility index (Phi) is 7.37. The normalized spacial score (nSPS) is 18.1. The molecule has 6 rings (SSSR count). The summed E-state index contributed by atoms with van der Waals surface area (Å²) in [5.41, 5.74) is 2.51. The minimum atomic E-state index is -0.411. The molecule has 0 radical (unpaired) electrons. The summed E-state index contributed by atoms with van der Waals surface area (Å²) in [6.07, 6.45) is 2.46. The summed E-state index contributed by atoms with van der Waals surface area (Å²) >= 11 is 0. The van der Waals surface area contributed by atoms with Crippen molar-refractivity contribution >= 4 is 34.8 Å². The second kappa shape index (κ2) is 11.4. The van der Waals surface area contributed by atoms with E-state index in [1.807, 2.05) is 70.5 Å². The number of halogens is 2. The molecule has 0 unspecified atom stereocenters. The van der Waals surface area contributed by atoms with Gasteiger partial charge in [0.2, 0.25) is 0 Å². The molecule has 4 amide bonds. The molecule has 2 bridgehead atoms. The Hall–Kier alpha value is -4.72. The van der Waals surface area contributed by atoms with Crippen LogP contribution in [0.25, 0.3) is 0 Å². The van der Waals surface area contributed by atoms with Gasteiger partial charge in [0.1, 0.15) is 11.6 Å². The molecule has 8 heteroatoms. The Bertz CT molecular complexity index is 1400. The van der Waals surface area contributed by atoms with Crippen molar-refractivity contribution in [3.8, 4) is 0 Å². The lowest BCUT2D eigenvalue weighted by molar-refractivity contribution is 0.0394. The number of fused-ring (bicyclic) bond motifs is 2. The standard InChI is InChI=1S/C33H30F2N4O2/c34-24-14-18-28(19-15-24)38(29-20-16-25(35)17-21-29)33(41)39-30-12-7-13-31(39)23-36(22-30)32(40)37(26-8-3-1-4-9-26)27-10-5-2-6-11-27/h1-6,8-11,14-21,30-31H,7,12-13,22-23H2/t30-,31+. The number of benzene rings is 4.